The number of rotatable bonds is 6. The summed E-state index contributed by atoms with van der Waals surface area (Å²) in [5.41, 5.74) is 5.08. The third kappa shape index (κ3) is 4.10. The van der Waals surface area contributed by atoms with E-state index < -0.39 is 0 Å². The topological polar surface area (TPSA) is 70.2 Å². The van der Waals surface area contributed by atoms with E-state index in [1.807, 2.05) is 30.9 Å². The molecule has 1 saturated heterocycles. The van der Waals surface area contributed by atoms with E-state index in [9.17, 15) is 4.79 Å². The van der Waals surface area contributed by atoms with Crippen molar-refractivity contribution in [3.8, 4) is 0 Å². The molecule has 0 aliphatic carbocycles. The number of anilines is 2. The van der Waals surface area contributed by atoms with Gasteiger partial charge in [-0.1, -0.05) is 0 Å². The van der Waals surface area contributed by atoms with Crippen LogP contribution in [0.15, 0.2) is 42.6 Å². The molecule has 0 unspecified atom stereocenters. The van der Waals surface area contributed by atoms with Crippen LogP contribution in [0.1, 0.15) is 42.1 Å². The molecule has 1 aliphatic rings. The van der Waals surface area contributed by atoms with Gasteiger partial charge in [-0.3, -0.25) is 9.78 Å². The number of nitrogens with zero attached hydrogens (tertiary/aromatic N) is 2. The summed E-state index contributed by atoms with van der Waals surface area (Å²) in [6.45, 7) is 7.50. The molecular weight excluding hydrogens is 420 g/mol. The molecule has 0 saturated carbocycles. The van der Waals surface area contributed by atoms with Crippen LogP contribution in [0.2, 0.25) is 0 Å². The van der Waals surface area contributed by atoms with Gasteiger partial charge in [0.15, 0.2) is 0 Å². The molecule has 7 heteroatoms. The third-order valence-corrected chi connectivity index (χ3v) is 7.06. The van der Waals surface area contributed by atoms with Gasteiger partial charge in [-0.15, -0.1) is 11.3 Å². The fourth-order valence-corrected chi connectivity index (χ4v) is 5.41. The molecule has 1 aromatic carbocycles. The normalized spacial score (nSPS) is 16.5. The maximum absolute atomic E-state index is 13.3. The fraction of sp³-hybridized carbons (Fsp3) is 0.360. The lowest BCUT2D eigenvalue weighted by Gasteiger charge is -2.24. The van der Waals surface area contributed by atoms with E-state index in [-0.39, 0.29) is 18.1 Å². The minimum absolute atomic E-state index is 0.0815. The molecule has 0 radical (unpaired) electrons. The first-order chi connectivity index (χ1) is 15.5. The van der Waals surface area contributed by atoms with Crippen molar-refractivity contribution < 1.29 is 9.53 Å². The lowest BCUT2D eigenvalue weighted by atomic mass is 10.2. The summed E-state index contributed by atoms with van der Waals surface area (Å²) in [7, 11) is 0. The average molecular weight is 449 g/mol. The number of benzene rings is 1. The molecule has 3 aromatic heterocycles. The highest BCUT2D eigenvalue weighted by molar-refractivity contribution is 7.21. The van der Waals surface area contributed by atoms with Gasteiger partial charge < -0.3 is 19.9 Å². The van der Waals surface area contributed by atoms with E-state index in [1.165, 1.54) is 16.7 Å². The minimum atomic E-state index is 0.0815. The van der Waals surface area contributed by atoms with E-state index in [1.54, 1.807) is 6.20 Å². The molecular formula is C25H28N4O2S. The Morgan fingerprint density at radius 1 is 1.31 bits per heavy atom. The second kappa shape index (κ2) is 8.56. The molecule has 6 nitrogen and oxygen atoms in total. The number of aryl methyl sites for hydroxylation is 1. The Labute approximate surface area is 191 Å². The Kier molecular flexibility index (Phi) is 5.61. The van der Waals surface area contributed by atoms with Gasteiger partial charge in [-0.2, -0.15) is 0 Å². The van der Waals surface area contributed by atoms with Crippen LogP contribution in [0.5, 0.6) is 0 Å². The van der Waals surface area contributed by atoms with Crippen LogP contribution in [-0.4, -0.2) is 46.1 Å². The highest BCUT2D eigenvalue weighted by atomic mass is 32.1. The maximum atomic E-state index is 13.3. The van der Waals surface area contributed by atoms with Gasteiger partial charge in [-0.25, -0.2) is 0 Å². The van der Waals surface area contributed by atoms with Gasteiger partial charge in [0, 0.05) is 35.0 Å². The average Bonchev–Trinajstić information content (AvgIpc) is 3.48. The van der Waals surface area contributed by atoms with Gasteiger partial charge in [-0.05, 0) is 70.0 Å². The van der Waals surface area contributed by atoms with Crippen LogP contribution in [0.25, 0.3) is 21.1 Å². The zero-order valence-corrected chi connectivity index (χ0v) is 19.5. The summed E-state index contributed by atoms with van der Waals surface area (Å²) in [6.07, 6.45) is 3.98. The molecule has 2 N–H and O–H groups in total. The van der Waals surface area contributed by atoms with E-state index >= 15 is 0 Å². The number of H-pyrrole nitrogens is 1. The van der Waals surface area contributed by atoms with E-state index in [0.29, 0.717) is 6.61 Å². The summed E-state index contributed by atoms with van der Waals surface area (Å²) in [5.74, 6) is 0.0815. The molecule has 0 bridgehead atoms. The highest BCUT2D eigenvalue weighted by Gasteiger charge is 2.31. The zero-order valence-electron chi connectivity index (χ0n) is 18.6. The number of thiophene rings is 1. The molecule has 4 aromatic rings. The fourth-order valence-electron chi connectivity index (χ4n) is 4.37. The molecule has 32 heavy (non-hydrogen) atoms. The van der Waals surface area contributed by atoms with Crippen LogP contribution in [0.4, 0.5) is 11.4 Å². The van der Waals surface area contributed by atoms with Crippen molar-refractivity contribution in [1.82, 2.24) is 14.9 Å². The second-order valence-electron chi connectivity index (χ2n) is 8.74. The quantitative estimate of drug-likeness (QED) is 0.388. The van der Waals surface area contributed by atoms with Crippen molar-refractivity contribution in [3.05, 3.63) is 53.2 Å². The molecule has 0 spiro atoms. The summed E-state index contributed by atoms with van der Waals surface area (Å²) >= 11 is 1.51. The number of fused-ring (bicyclic) bond motifs is 2. The molecule has 1 atom stereocenters. The Morgan fingerprint density at radius 3 is 3.03 bits per heavy atom. The predicted molar refractivity (Wildman–Crippen MR) is 131 cm³/mol. The number of likely N-dealkylation sites (tertiary alicyclic amines) is 1. The van der Waals surface area contributed by atoms with Gasteiger partial charge in [0.05, 0.1) is 39.5 Å². The van der Waals surface area contributed by atoms with Crippen molar-refractivity contribution in [2.24, 2.45) is 0 Å². The number of hydrogen-bond donors (Lipinski definition) is 2. The Morgan fingerprint density at radius 2 is 2.19 bits per heavy atom. The van der Waals surface area contributed by atoms with Crippen molar-refractivity contribution in [2.45, 2.75) is 45.8 Å². The van der Waals surface area contributed by atoms with Crippen LogP contribution in [0, 0.1) is 6.92 Å². The number of aromatic nitrogens is 2. The van der Waals surface area contributed by atoms with Crippen molar-refractivity contribution in [2.75, 3.05) is 18.5 Å². The monoisotopic (exact) mass is 448 g/mol. The largest absolute Gasteiger partial charge is 0.377 e. The second-order valence-corrected chi connectivity index (χ2v) is 9.79. The smallest absolute Gasteiger partial charge is 0.264 e. The minimum Gasteiger partial charge on any atom is -0.377 e. The predicted octanol–water partition coefficient (Wildman–Crippen LogP) is 5.86. The number of nitrogens with one attached hydrogen (secondary N) is 2. The van der Waals surface area contributed by atoms with Crippen molar-refractivity contribution in [1.29, 1.82) is 0 Å². The molecule has 1 amide bonds. The lowest BCUT2D eigenvalue weighted by Crippen LogP contribution is -2.38. The Balaban J connectivity index is 1.40. The number of aromatic amines is 1. The zero-order chi connectivity index (χ0) is 22.2. The van der Waals surface area contributed by atoms with Crippen molar-refractivity contribution >= 4 is 49.7 Å². The van der Waals surface area contributed by atoms with Gasteiger partial charge in [0.1, 0.15) is 0 Å². The number of ether oxygens (including phenoxy) is 1. The summed E-state index contributed by atoms with van der Waals surface area (Å²) in [5, 5.41) is 4.69. The molecule has 166 valence electrons. The lowest BCUT2D eigenvalue weighted by molar-refractivity contribution is 0.0328. The number of pyridine rings is 1. The summed E-state index contributed by atoms with van der Waals surface area (Å²) < 4.78 is 6.80. The van der Waals surface area contributed by atoms with Crippen LogP contribution < -0.4 is 5.32 Å². The SMILES string of the molecule is Cc1cc2cc(Nc3ccnc4cc(C(=O)N5CCC[C@H]5COC(C)C)sc34)ccc2[nH]1. The van der Waals surface area contributed by atoms with Gasteiger partial charge in [0.2, 0.25) is 0 Å². The van der Waals surface area contributed by atoms with E-state index in [0.717, 1.165) is 57.1 Å². The maximum Gasteiger partial charge on any atom is 0.264 e. The van der Waals surface area contributed by atoms with Crippen molar-refractivity contribution in [3.63, 3.8) is 0 Å². The van der Waals surface area contributed by atoms with Crippen LogP contribution in [-0.2, 0) is 4.74 Å². The molecule has 5 rings (SSSR count). The Hall–Kier alpha value is -2.90. The first kappa shape index (κ1) is 21.0. The first-order valence-corrected chi connectivity index (χ1v) is 12.0. The summed E-state index contributed by atoms with van der Waals surface area (Å²) in [6, 6.07) is 12.5. The summed E-state index contributed by atoms with van der Waals surface area (Å²) in [4.78, 5) is 23.9. The molecule has 1 aliphatic heterocycles. The van der Waals surface area contributed by atoms with Crippen LogP contribution in [0.3, 0.4) is 0 Å². The highest BCUT2D eigenvalue weighted by Crippen LogP contribution is 2.34. The van der Waals surface area contributed by atoms with Crippen LogP contribution >= 0.6 is 11.3 Å². The van der Waals surface area contributed by atoms with E-state index in [2.05, 4.69) is 46.5 Å². The first-order valence-electron chi connectivity index (χ1n) is 11.2. The van der Waals surface area contributed by atoms with Gasteiger partial charge >= 0.3 is 0 Å². The third-order valence-electron chi connectivity index (χ3n) is 5.92. The number of carbonyl (C=O) groups excluding carboxylic acids is 1. The van der Waals surface area contributed by atoms with E-state index in [4.69, 9.17) is 4.74 Å². The molecule has 4 heterocycles. The number of carbonyl (C=O) groups is 1. The van der Waals surface area contributed by atoms with Gasteiger partial charge in [0.25, 0.3) is 5.91 Å². The Bertz CT molecular complexity index is 1280. The molecule has 1 fully saturated rings. The number of hydrogen-bond acceptors (Lipinski definition) is 5. The number of amides is 1. The standard InChI is InChI=1S/C25H28N4O2S/c1-15(2)31-14-19-5-4-10-29(19)25(30)23-13-22-24(32-23)21(8-9-26-22)28-18-6-7-20-17(12-18)11-16(3)27-20/h6-9,11-13,15,19,27H,4-5,10,14H2,1-3H3,(H,26,28)/t19-/m0/s1.